The Kier molecular flexibility index (Phi) is 7.46. The van der Waals surface area contributed by atoms with Crippen molar-refractivity contribution in [2.45, 2.75) is 119 Å². The molecular formula is C29H43ClFN5O3. The van der Waals surface area contributed by atoms with E-state index in [2.05, 4.69) is 15.5 Å². The minimum Gasteiger partial charge on any atom is -0.394 e. The molecule has 0 aromatic carbocycles. The molecule has 1 aromatic heterocycles. The van der Waals surface area contributed by atoms with E-state index in [1.54, 1.807) is 11.9 Å². The second-order valence-electron chi connectivity index (χ2n) is 13.0. The molecule has 0 radical (unpaired) electrons. The number of hydrogen-bond acceptors (Lipinski definition) is 5. The Morgan fingerprint density at radius 1 is 1.18 bits per heavy atom. The molecule has 5 unspecified atom stereocenters. The summed E-state index contributed by atoms with van der Waals surface area (Å²) in [5.41, 5.74) is 1.09. The number of aliphatic hydroxyl groups is 1. The largest absolute Gasteiger partial charge is 0.394 e. The first-order valence-corrected chi connectivity index (χ1v) is 15.5. The first-order chi connectivity index (χ1) is 18.8. The van der Waals surface area contributed by atoms with Gasteiger partial charge in [0.15, 0.2) is 0 Å². The Hall–Kier alpha value is -1.71. The fraction of sp³-hybridized carbons (Fsp3) is 0.828. The Morgan fingerprint density at radius 3 is 2.59 bits per heavy atom. The number of likely N-dealkylation sites (N-methyl/N-ethyl adjacent to an activating group) is 1. The number of hydrogen-bond donors (Lipinski definition) is 3. The standard InChI is InChI=1S/C29H43ClFN5O3/c1-35(28(17-37)10-11-28)27(39)25-20-16-36(12-9-23(20)33-34-25)26(38)24-14-21-22(30)13-19(31)15-29(21,32-24)18-7-5-3-2-4-6-8-18/h18-19,21-22,24,32,37H,2-17H2,1H3,(H,33,34). The summed E-state index contributed by atoms with van der Waals surface area (Å²) in [5, 5.41) is 20.6. The van der Waals surface area contributed by atoms with Crippen LogP contribution < -0.4 is 5.32 Å². The average molecular weight is 564 g/mol. The number of amides is 2. The summed E-state index contributed by atoms with van der Waals surface area (Å²) in [6.07, 6.45) is 10.8. The maximum Gasteiger partial charge on any atom is 0.272 e. The summed E-state index contributed by atoms with van der Waals surface area (Å²) in [4.78, 5) is 30.8. The Balaban J connectivity index is 1.21. The Labute approximate surface area is 235 Å². The lowest BCUT2D eigenvalue weighted by Gasteiger charge is -2.49. The number of carbonyl (C=O) groups is 2. The van der Waals surface area contributed by atoms with E-state index in [-0.39, 0.29) is 29.7 Å². The first-order valence-electron chi connectivity index (χ1n) is 15.1. The summed E-state index contributed by atoms with van der Waals surface area (Å²) in [7, 11) is 1.73. The van der Waals surface area contributed by atoms with Gasteiger partial charge in [-0.25, -0.2) is 4.39 Å². The van der Waals surface area contributed by atoms with Crippen molar-refractivity contribution >= 4 is 23.4 Å². The maximum atomic E-state index is 15.1. The van der Waals surface area contributed by atoms with Gasteiger partial charge in [0.05, 0.1) is 23.9 Å². The number of rotatable bonds is 5. The van der Waals surface area contributed by atoms with E-state index in [1.165, 1.54) is 19.3 Å². The van der Waals surface area contributed by atoms with Crippen molar-refractivity contribution in [3.8, 4) is 0 Å². The van der Waals surface area contributed by atoms with Crippen molar-refractivity contribution in [1.29, 1.82) is 0 Å². The molecule has 6 rings (SSSR count). The number of aromatic nitrogens is 2. The van der Waals surface area contributed by atoms with Gasteiger partial charge in [-0.05, 0) is 56.8 Å². The zero-order valence-corrected chi connectivity index (χ0v) is 23.8. The minimum atomic E-state index is -0.946. The van der Waals surface area contributed by atoms with Crippen molar-refractivity contribution in [2.75, 3.05) is 20.2 Å². The van der Waals surface area contributed by atoms with Crippen LogP contribution in [0.15, 0.2) is 0 Å². The average Bonchev–Trinajstić information content (AvgIpc) is 3.43. The van der Waals surface area contributed by atoms with Crippen LogP contribution in [0.5, 0.6) is 0 Å². The molecule has 0 spiro atoms. The maximum absolute atomic E-state index is 15.1. The van der Waals surface area contributed by atoms with Gasteiger partial charge < -0.3 is 14.9 Å². The number of H-pyrrole nitrogens is 1. The van der Waals surface area contributed by atoms with Crippen LogP contribution >= 0.6 is 11.6 Å². The second-order valence-corrected chi connectivity index (χ2v) is 13.5. The highest BCUT2D eigenvalue weighted by molar-refractivity contribution is 6.21. The van der Waals surface area contributed by atoms with Gasteiger partial charge in [-0.3, -0.25) is 20.0 Å². The van der Waals surface area contributed by atoms with E-state index in [1.807, 2.05) is 4.90 Å². The van der Waals surface area contributed by atoms with Gasteiger partial charge in [0.25, 0.3) is 5.91 Å². The topological polar surface area (TPSA) is 102 Å². The van der Waals surface area contributed by atoms with Crippen LogP contribution in [-0.4, -0.2) is 85.8 Å². The van der Waals surface area contributed by atoms with E-state index in [9.17, 15) is 14.7 Å². The number of nitrogens with one attached hydrogen (secondary N) is 2. The zero-order valence-electron chi connectivity index (χ0n) is 23.1. The number of carbonyl (C=O) groups excluding carboxylic acids is 2. The normalized spacial score (nSPS) is 34.5. The van der Waals surface area contributed by atoms with Gasteiger partial charge in [-0.1, -0.05) is 32.1 Å². The third kappa shape index (κ3) is 4.80. The van der Waals surface area contributed by atoms with Crippen LogP contribution in [0.2, 0.25) is 0 Å². The van der Waals surface area contributed by atoms with Gasteiger partial charge in [0.2, 0.25) is 5.91 Å². The molecule has 3 N–H and O–H groups in total. The van der Waals surface area contributed by atoms with Crippen molar-refractivity contribution in [1.82, 2.24) is 25.3 Å². The van der Waals surface area contributed by atoms with Gasteiger partial charge in [0, 0.05) is 43.0 Å². The fourth-order valence-electron chi connectivity index (χ4n) is 8.22. The molecule has 4 fully saturated rings. The quantitative estimate of drug-likeness (QED) is 0.474. The summed E-state index contributed by atoms with van der Waals surface area (Å²) in [6, 6.07) is -0.397. The van der Waals surface area contributed by atoms with Crippen molar-refractivity contribution < 1.29 is 19.1 Å². The highest BCUT2D eigenvalue weighted by Gasteiger charge is 2.59. The number of fused-ring (bicyclic) bond motifs is 2. The van der Waals surface area contributed by atoms with Crippen LogP contribution in [-0.2, 0) is 17.8 Å². The smallest absolute Gasteiger partial charge is 0.272 e. The van der Waals surface area contributed by atoms with E-state index >= 15 is 4.39 Å². The lowest BCUT2D eigenvalue weighted by atomic mass is 9.63. The van der Waals surface area contributed by atoms with Crippen molar-refractivity contribution in [3.63, 3.8) is 0 Å². The summed E-state index contributed by atoms with van der Waals surface area (Å²) in [6.45, 7) is 0.797. The number of aromatic amines is 1. The van der Waals surface area contributed by atoms with E-state index in [0.717, 1.165) is 49.8 Å². The summed E-state index contributed by atoms with van der Waals surface area (Å²) >= 11 is 6.86. The molecule has 216 valence electrons. The van der Waals surface area contributed by atoms with E-state index in [4.69, 9.17) is 11.6 Å². The predicted molar refractivity (Wildman–Crippen MR) is 146 cm³/mol. The fourth-order valence-corrected chi connectivity index (χ4v) is 8.74. The molecule has 2 aliphatic heterocycles. The number of halogens is 2. The van der Waals surface area contributed by atoms with Gasteiger partial charge >= 0.3 is 0 Å². The molecular weight excluding hydrogens is 521 g/mol. The van der Waals surface area contributed by atoms with Crippen molar-refractivity contribution in [3.05, 3.63) is 17.0 Å². The molecule has 3 aliphatic carbocycles. The number of alkyl halides is 2. The van der Waals surface area contributed by atoms with E-state index in [0.29, 0.717) is 50.4 Å². The first kappa shape index (κ1) is 27.5. The second kappa shape index (κ2) is 10.6. The van der Waals surface area contributed by atoms with E-state index < -0.39 is 23.3 Å². The Morgan fingerprint density at radius 2 is 1.90 bits per heavy atom. The number of aliphatic hydroxyl groups excluding tert-OH is 1. The monoisotopic (exact) mass is 563 g/mol. The van der Waals surface area contributed by atoms with Gasteiger partial charge in [-0.2, -0.15) is 5.10 Å². The highest BCUT2D eigenvalue weighted by Crippen LogP contribution is 2.52. The molecule has 3 saturated carbocycles. The zero-order chi connectivity index (χ0) is 27.4. The molecule has 2 amide bonds. The van der Waals surface area contributed by atoms with Gasteiger partial charge in [-0.15, -0.1) is 11.6 Å². The van der Waals surface area contributed by atoms with Crippen LogP contribution in [0.1, 0.15) is 98.8 Å². The van der Waals surface area contributed by atoms with Gasteiger partial charge in [0.1, 0.15) is 11.9 Å². The highest BCUT2D eigenvalue weighted by atomic mass is 35.5. The van der Waals surface area contributed by atoms with Crippen molar-refractivity contribution in [2.24, 2.45) is 11.8 Å². The third-order valence-corrected chi connectivity index (χ3v) is 11.3. The van der Waals surface area contributed by atoms with Crippen LogP contribution in [0.25, 0.3) is 0 Å². The third-order valence-electron chi connectivity index (χ3n) is 10.8. The molecule has 10 heteroatoms. The molecule has 1 saturated heterocycles. The van der Waals surface area contributed by atoms with Crippen LogP contribution in [0, 0.1) is 11.8 Å². The lowest BCUT2D eigenvalue weighted by Crippen LogP contribution is -2.60. The molecule has 5 aliphatic rings. The molecule has 8 nitrogen and oxygen atoms in total. The number of nitrogens with zero attached hydrogens (tertiary/aromatic N) is 3. The molecule has 0 bridgehead atoms. The predicted octanol–water partition coefficient (Wildman–Crippen LogP) is 3.71. The molecule has 3 heterocycles. The lowest BCUT2D eigenvalue weighted by molar-refractivity contribution is -0.134. The molecule has 5 atom stereocenters. The summed E-state index contributed by atoms with van der Waals surface area (Å²) < 4.78 is 15.1. The summed E-state index contributed by atoms with van der Waals surface area (Å²) in [5.74, 6) is 0.236. The Bertz CT molecular complexity index is 1090. The minimum absolute atomic E-state index is 0.0153. The molecule has 39 heavy (non-hydrogen) atoms. The molecule has 1 aromatic rings. The van der Waals surface area contributed by atoms with Crippen LogP contribution in [0.3, 0.4) is 0 Å². The SMILES string of the molecule is CN(C(=O)c1[nH]nc2c1CN(C(=O)C1CC3C(Cl)CC(F)CC3(C3CCCCCCC3)N1)CC2)C1(CO)CC1. The van der Waals surface area contributed by atoms with Crippen LogP contribution in [0.4, 0.5) is 4.39 Å².